The predicted octanol–water partition coefficient (Wildman–Crippen LogP) is 0.222. The topological polar surface area (TPSA) is 103 Å². The standard InChI is InChI=1S/C10H14FN5/c1-6-4-8(11)3-2-7(6)5-15-10(14)16-9(12)13/h2-4H,5H2,1H3,(H6,12,13,14,15,16). The second kappa shape index (κ2) is 5.11. The van der Waals surface area contributed by atoms with Gasteiger partial charge in [-0.3, -0.25) is 0 Å². The predicted molar refractivity (Wildman–Crippen MR) is 62.3 cm³/mol. The van der Waals surface area contributed by atoms with Gasteiger partial charge in [-0.25, -0.2) is 9.38 Å². The van der Waals surface area contributed by atoms with E-state index in [0.717, 1.165) is 11.1 Å². The zero-order chi connectivity index (χ0) is 12.1. The smallest absolute Gasteiger partial charge is 0.218 e. The van der Waals surface area contributed by atoms with Crippen LogP contribution < -0.4 is 17.2 Å². The first-order valence-corrected chi connectivity index (χ1v) is 4.63. The van der Waals surface area contributed by atoms with Gasteiger partial charge < -0.3 is 17.2 Å². The molecule has 6 N–H and O–H groups in total. The zero-order valence-electron chi connectivity index (χ0n) is 8.94. The van der Waals surface area contributed by atoms with E-state index in [1.165, 1.54) is 12.1 Å². The van der Waals surface area contributed by atoms with Crippen molar-refractivity contribution in [3.63, 3.8) is 0 Å². The van der Waals surface area contributed by atoms with Crippen LogP contribution in [0.5, 0.6) is 0 Å². The molecule has 0 atom stereocenters. The van der Waals surface area contributed by atoms with Crippen molar-refractivity contribution in [1.82, 2.24) is 0 Å². The van der Waals surface area contributed by atoms with Crippen LogP contribution in [-0.2, 0) is 6.54 Å². The van der Waals surface area contributed by atoms with Crippen LogP contribution in [0.2, 0.25) is 0 Å². The summed E-state index contributed by atoms with van der Waals surface area (Å²) in [6.07, 6.45) is 0. The lowest BCUT2D eigenvalue weighted by Crippen LogP contribution is -2.26. The highest BCUT2D eigenvalue weighted by molar-refractivity contribution is 5.92. The Morgan fingerprint density at radius 3 is 2.56 bits per heavy atom. The summed E-state index contributed by atoms with van der Waals surface area (Å²) in [6.45, 7) is 2.11. The van der Waals surface area contributed by atoms with E-state index in [0.29, 0.717) is 6.54 Å². The summed E-state index contributed by atoms with van der Waals surface area (Å²) in [6, 6.07) is 4.45. The van der Waals surface area contributed by atoms with Gasteiger partial charge >= 0.3 is 0 Å². The number of aliphatic imine (C=N–C) groups is 2. The van der Waals surface area contributed by atoms with Crippen LogP contribution in [0.25, 0.3) is 0 Å². The molecule has 0 saturated carbocycles. The number of rotatable bonds is 2. The van der Waals surface area contributed by atoms with Gasteiger partial charge in [-0.2, -0.15) is 4.99 Å². The number of halogens is 1. The fraction of sp³-hybridized carbons (Fsp3) is 0.200. The first-order valence-electron chi connectivity index (χ1n) is 4.63. The second-order valence-electron chi connectivity index (χ2n) is 3.28. The van der Waals surface area contributed by atoms with Crippen molar-refractivity contribution in [2.45, 2.75) is 13.5 Å². The van der Waals surface area contributed by atoms with Crippen molar-refractivity contribution in [2.24, 2.45) is 27.2 Å². The van der Waals surface area contributed by atoms with Gasteiger partial charge in [-0.1, -0.05) is 6.07 Å². The van der Waals surface area contributed by atoms with E-state index in [2.05, 4.69) is 9.98 Å². The lowest BCUT2D eigenvalue weighted by molar-refractivity contribution is 0.625. The summed E-state index contributed by atoms with van der Waals surface area (Å²) in [5.74, 6) is -0.414. The first kappa shape index (κ1) is 12.0. The largest absolute Gasteiger partial charge is 0.370 e. The second-order valence-corrected chi connectivity index (χ2v) is 3.28. The third-order valence-electron chi connectivity index (χ3n) is 1.96. The molecule has 0 fully saturated rings. The molecule has 0 radical (unpaired) electrons. The summed E-state index contributed by atoms with van der Waals surface area (Å²) < 4.78 is 12.8. The van der Waals surface area contributed by atoms with Gasteiger partial charge in [0.05, 0.1) is 6.54 Å². The lowest BCUT2D eigenvalue weighted by Gasteiger charge is -2.02. The molecule has 1 rings (SSSR count). The monoisotopic (exact) mass is 223 g/mol. The molecule has 0 aliphatic heterocycles. The fourth-order valence-corrected chi connectivity index (χ4v) is 1.17. The molecular formula is C10H14FN5. The Hall–Kier alpha value is -2.11. The molecule has 0 aromatic heterocycles. The van der Waals surface area contributed by atoms with Crippen molar-refractivity contribution in [2.75, 3.05) is 0 Å². The molecule has 0 spiro atoms. The number of benzene rings is 1. The Bertz CT molecular complexity index is 435. The zero-order valence-corrected chi connectivity index (χ0v) is 8.94. The maximum atomic E-state index is 12.8. The van der Waals surface area contributed by atoms with Gasteiger partial charge in [-0.15, -0.1) is 0 Å². The third-order valence-corrected chi connectivity index (χ3v) is 1.96. The number of nitrogens with zero attached hydrogens (tertiary/aromatic N) is 2. The Morgan fingerprint density at radius 2 is 2.00 bits per heavy atom. The van der Waals surface area contributed by atoms with Gasteiger partial charge in [0.15, 0.2) is 5.96 Å². The van der Waals surface area contributed by atoms with E-state index < -0.39 is 0 Å². The third kappa shape index (κ3) is 3.56. The van der Waals surface area contributed by atoms with Crippen LogP contribution in [0.3, 0.4) is 0 Å². The van der Waals surface area contributed by atoms with Crippen LogP contribution in [0.15, 0.2) is 28.2 Å². The Balaban J connectivity index is 2.78. The molecular weight excluding hydrogens is 209 g/mol. The lowest BCUT2D eigenvalue weighted by atomic mass is 10.1. The van der Waals surface area contributed by atoms with E-state index in [4.69, 9.17) is 17.2 Å². The number of nitrogens with two attached hydrogens (primary N) is 3. The summed E-state index contributed by atoms with van der Waals surface area (Å²) >= 11 is 0. The molecule has 1 aromatic rings. The van der Waals surface area contributed by atoms with Crippen LogP contribution >= 0.6 is 0 Å². The Morgan fingerprint density at radius 1 is 1.31 bits per heavy atom. The van der Waals surface area contributed by atoms with Crippen molar-refractivity contribution < 1.29 is 4.39 Å². The normalized spacial score (nSPS) is 11.2. The van der Waals surface area contributed by atoms with Crippen LogP contribution in [0.1, 0.15) is 11.1 Å². The maximum Gasteiger partial charge on any atom is 0.218 e. The molecule has 0 aliphatic carbocycles. The van der Waals surface area contributed by atoms with E-state index in [-0.39, 0.29) is 17.7 Å². The van der Waals surface area contributed by atoms with E-state index in [1.807, 2.05) is 0 Å². The number of hydrogen-bond acceptors (Lipinski definition) is 1. The number of hydrogen-bond donors (Lipinski definition) is 3. The maximum absolute atomic E-state index is 12.8. The van der Waals surface area contributed by atoms with Gasteiger partial charge in [0.25, 0.3) is 0 Å². The molecule has 0 aliphatic rings. The number of aryl methyl sites for hydroxylation is 1. The van der Waals surface area contributed by atoms with Crippen LogP contribution in [0, 0.1) is 12.7 Å². The van der Waals surface area contributed by atoms with Gasteiger partial charge in [0, 0.05) is 0 Å². The molecule has 0 saturated heterocycles. The van der Waals surface area contributed by atoms with Crippen molar-refractivity contribution in [1.29, 1.82) is 0 Å². The van der Waals surface area contributed by atoms with Crippen LogP contribution in [-0.4, -0.2) is 11.9 Å². The molecule has 0 amide bonds. The highest BCUT2D eigenvalue weighted by Crippen LogP contribution is 2.10. The minimum atomic E-state index is -0.276. The van der Waals surface area contributed by atoms with E-state index in [9.17, 15) is 4.39 Å². The molecule has 6 heteroatoms. The fourth-order valence-electron chi connectivity index (χ4n) is 1.17. The van der Waals surface area contributed by atoms with Gasteiger partial charge in [0.1, 0.15) is 5.82 Å². The highest BCUT2D eigenvalue weighted by Gasteiger charge is 1.99. The first-order chi connectivity index (χ1) is 7.49. The number of guanidine groups is 2. The highest BCUT2D eigenvalue weighted by atomic mass is 19.1. The average molecular weight is 223 g/mol. The van der Waals surface area contributed by atoms with E-state index in [1.54, 1.807) is 13.0 Å². The van der Waals surface area contributed by atoms with Crippen molar-refractivity contribution in [3.8, 4) is 0 Å². The quantitative estimate of drug-likeness (QED) is 0.493. The molecule has 1 aromatic carbocycles. The summed E-state index contributed by atoms with van der Waals surface area (Å²) in [4.78, 5) is 7.52. The Labute approximate surface area is 92.9 Å². The minimum Gasteiger partial charge on any atom is -0.370 e. The molecule has 0 heterocycles. The SMILES string of the molecule is Cc1cc(F)ccc1CN=C(N)N=C(N)N. The molecule has 5 nitrogen and oxygen atoms in total. The van der Waals surface area contributed by atoms with Gasteiger partial charge in [0.2, 0.25) is 5.96 Å². The summed E-state index contributed by atoms with van der Waals surface area (Å²) in [5.41, 5.74) is 17.4. The average Bonchev–Trinajstić information content (AvgIpc) is 2.15. The molecule has 16 heavy (non-hydrogen) atoms. The van der Waals surface area contributed by atoms with Crippen LogP contribution in [0.4, 0.5) is 4.39 Å². The summed E-state index contributed by atoms with van der Waals surface area (Å²) in [5, 5.41) is 0. The minimum absolute atomic E-state index is 0.00345. The molecule has 86 valence electrons. The van der Waals surface area contributed by atoms with Crippen molar-refractivity contribution >= 4 is 11.9 Å². The van der Waals surface area contributed by atoms with Gasteiger partial charge in [-0.05, 0) is 30.2 Å². The summed E-state index contributed by atoms with van der Waals surface area (Å²) in [7, 11) is 0. The Kier molecular flexibility index (Phi) is 3.82. The molecule has 0 unspecified atom stereocenters. The van der Waals surface area contributed by atoms with E-state index >= 15 is 0 Å². The molecule has 0 bridgehead atoms. The van der Waals surface area contributed by atoms with Crippen molar-refractivity contribution in [3.05, 3.63) is 35.1 Å².